The molecule has 1 nitrogen and oxygen atoms in total. The van der Waals surface area contributed by atoms with Crippen molar-refractivity contribution in [1.29, 1.82) is 0 Å². The third-order valence-corrected chi connectivity index (χ3v) is 2.06. The lowest BCUT2D eigenvalue weighted by Crippen LogP contribution is -2.12. The van der Waals surface area contributed by atoms with Crippen molar-refractivity contribution in [1.82, 2.24) is 0 Å². The molecule has 1 aromatic rings. The smallest absolute Gasteiger partial charge is 0.399 e. The molecule has 0 unspecified atom stereocenters. The van der Waals surface area contributed by atoms with E-state index in [1.807, 2.05) is 5.92 Å². The fourth-order valence-electron chi connectivity index (χ4n) is 1.45. The van der Waals surface area contributed by atoms with Crippen molar-refractivity contribution in [3.63, 3.8) is 0 Å². The van der Waals surface area contributed by atoms with E-state index < -0.39 is 11.7 Å². The summed E-state index contributed by atoms with van der Waals surface area (Å²) in [5.74, 6) is 2.02. The predicted molar refractivity (Wildman–Crippen MR) is 53.2 cm³/mol. The first kappa shape index (κ1) is 11.4. The first-order valence-electron chi connectivity index (χ1n) is 4.36. The van der Waals surface area contributed by atoms with Gasteiger partial charge in [-0.15, -0.1) is 6.42 Å². The van der Waals surface area contributed by atoms with Crippen molar-refractivity contribution in [3.8, 4) is 12.3 Å². The van der Waals surface area contributed by atoms with Gasteiger partial charge in [-0.25, -0.2) is 0 Å². The molecule has 1 rings (SSSR count). The second-order valence-corrected chi connectivity index (χ2v) is 3.10. The van der Waals surface area contributed by atoms with Crippen LogP contribution < -0.4 is 5.73 Å². The minimum Gasteiger partial charge on any atom is -0.399 e. The summed E-state index contributed by atoms with van der Waals surface area (Å²) >= 11 is 0. The Balaban J connectivity index is 3.53. The van der Waals surface area contributed by atoms with E-state index >= 15 is 0 Å². The van der Waals surface area contributed by atoms with Crippen molar-refractivity contribution in [2.75, 3.05) is 5.73 Å². The third-order valence-electron chi connectivity index (χ3n) is 2.06. The molecule has 0 aliphatic rings. The van der Waals surface area contributed by atoms with Crippen LogP contribution in [-0.4, -0.2) is 0 Å². The lowest BCUT2D eigenvalue weighted by atomic mass is 9.98. The lowest BCUT2D eigenvalue weighted by Gasteiger charge is -2.14. The second-order valence-electron chi connectivity index (χ2n) is 3.10. The molecule has 1 aromatic carbocycles. The number of nitrogen functional groups attached to an aromatic ring is 1. The average Bonchev–Trinajstić information content (AvgIpc) is 2.14. The minimum absolute atomic E-state index is 0.135. The van der Waals surface area contributed by atoms with Crippen molar-refractivity contribution in [3.05, 3.63) is 28.8 Å². The molecular weight excluding hydrogens is 203 g/mol. The van der Waals surface area contributed by atoms with Gasteiger partial charge in [0.2, 0.25) is 0 Å². The molecule has 0 saturated heterocycles. The van der Waals surface area contributed by atoms with E-state index in [1.54, 1.807) is 6.92 Å². The fourth-order valence-corrected chi connectivity index (χ4v) is 1.45. The van der Waals surface area contributed by atoms with Crippen molar-refractivity contribution in [2.24, 2.45) is 0 Å². The number of halogens is 3. The maximum absolute atomic E-state index is 12.7. The number of hydrogen-bond donors (Lipinski definition) is 1. The molecule has 0 aliphatic carbocycles. The quantitative estimate of drug-likeness (QED) is 0.563. The molecule has 0 saturated carbocycles. The predicted octanol–water partition coefficient (Wildman–Crippen LogP) is 2.83. The van der Waals surface area contributed by atoms with Crippen molar-refractivity contribution >= 4 is 5.69 Å². The van der Waals surface area contributed by atoms with Crippen LogP contribution in [0.15, 0.2) is 12.1 Å². The van der Waals surface area contributed by atoms with Gasteiger partial charge in [-0.3, -0.25) is 0 Å². The summed E-state index contributed by atoms with van der Waals surface area (Å²) in [7, 11) is 0. The number of terminal acetylenes is 1. The Kier molecular flexibility index (Phi) is 2.94. The van der Waals surface area contributed by atoms with Crippen LogP contribution in [0.4, 0.5) is 18.9 Å². The van der Waals surface area contributed by atoms with Crippen LogP contribution in [-0.2, 0) is 12.6 Å². The van der Waals surface area contributed by atoms with Crippen LogP contribution in [0.3, 0.4) is 0 Å². The van der Waals surface area contributed by atoms with Crippen LogP contribution in [0.2, 0.25) is 0 Å². The fraction of sp³-hybridized carbons (Fsp3) is 0.273. The van der Waals surface area contributed by atoms with Crippen molar-refractivity contribution in [2.45, 2.75) is 19.5 Å². The maximum atomic E-state index is 12.7. The normalized spacial score (nSPS) is 11.1. The van der Waals surface area contributed by atoms with E-state index in [0.29, 0.717) is 0 Å². The largest absolute Gasteiger partial charge is 0.417 e. The molecule has 0 aromatic heterocycles. The zero-order valence-electron chi connectivity index (χ0n) is 8.15. The van der Waals surface area contributed by atoms with Gasteiger partial charge < -0.3 is 5.73 Å². The standard InChI is InChI=1S/C11H10F3N/c1-3-7-5-9(15)6-8(4-2)10(7)11(12,13)14/h1,5-6H,4,15H2,2H3. The average molecular weight is 213 g/mol. The number of rotatable bonds is 1. The number of nitrogens with two attached hydrogens (primary N) is 1. The summed E-state index contributed by atoms with van der Waals surface area (Å²) in [6.07, 6.45) is 0.849. The zero-order chi connectivity index (χ0) is 11.6. The SMILES string of the molecule is C#Cc1cc(N)cc(CC)c1C(F)(F)F. The Bertz CT molecular complexity index is 413. The molecule has 0 spiro atoms. The summed E-state index contributed by atoms with van der Waals surface area (Å²) < 4.78 is 38.0. The number of alkyl halides is 3. The third kappa shape index (κ3) is 2.24. The van der Waals surface area contributed by atoms with Gasteiger partial charge in [-0.05, 0) is 24.1 Å². The summed E-state index contributed by atoms with van der Waals surface area (Å²) in [5, 5.41) is 0. The number of hydrogen-bond acceptors (Lipinski definition) is 1. The summed E-state index contributed by atoms with van der Waals surface area (Å²) in [6, 6.07) is 2.48. The monoisotopic (exact) mass is 213 g/mol. The topological polar surface area (TPSA) is 26.0 Å². The summed E-state index contributed by atoms with van der Waals surface area (Å²) in [5.41, 5.74) is 4.91. The van der Waals surface area contributed by atoms with Crippen LogP contribution in [0.1, 0.15) is 23.6 Å². The zero-order valence-corrected chi connectivity index (χ0v) is 8.15. The molecule has 4 heteroatoms. The van der Waals surface area contributed by atoms with E-state index in [-0.39, 0.29) is 23.2 Å². The number of anilines is 1. The van der Waals surface area contributed by atoms with E-state index in [1.165, 1.54) is 12.1 Å². The van der Waals surface area contributed by atoms with Gasteiger partial charge in [0.1, 0.15) is 0 Å². The summed E-state index contributed by atoms with van der Waals surface area (Å²) in [4.78, 5) is 0. The molecule has 15 heavy (non-hydrogen) atoms. The van der Waals surface area contributed by atoms with Gasteiger partial charge in [0.05, 0.1) is 5.56 Å². The molecule has 0 aliphatic heterocycles. The highest BCUT2D eigenvalue weighted by molar-refractivity contribution is 5.56. The number of aryl methyl sites for hydroxylation is 1. The molecule has 0 atom stereocenters. The highest BCUT2D eigenvalue weighted by Crippen LogP contribution is 2.35. The van der Waals surface area contributed by atoms with Crippen LogP contribution >= 0.6 is 0 Å². The molecule has 0 heterocycles. The highest BCUT2D eigenvalue weighted by Gasteiger charge is 2.35. The first-order chi connectivity index (χ1) is 6.90. The van der Waals surface area contributed by atoms with Gasteiger partial charge in [0.15, 0.2) is 0 Å². The Morgan fingerprint density at radius 1 is 1.40 bits per heavy atom. The van der Waals surface area contributed by atoms with Gasteiger partial charge in [-0.2, -0.15) is 13.2 Å². The van der Waals surface area contributed by atoms with E-state index in [0.717, 1.165) is 0 Å². The molecule has 0 bridgehead atoms. The molecule has 2 N–H and O–H groups in total. The molecule has 0 amide bonds. The lowest BCUT2D eigenvalue weighted by molar-refractivity contribution is -0.138. The minimum atomic E-state index is -4.43. The molecule has 0 radical (unpaired) electrons. The van der Waals surface area contributed by atoms with Crippen LogP contribution in [0.5, 0.6) is 0 Å². The van der Waals surface area contributed by atoms with Crippen LogP contribution in [0.25, 0.3) is 0 Å². The highest BCUT2D eigenvalue weighted by atomic mass is 19.4. The van der Waals surface area contributed by atoms with E-state index in [4.69, 9.17) is 12.2 Å². The van der Waals surface area contributed by atoms with Crippen molar-refractivity contribution < 1.29 is 13.2 Å². The van der Waals surface area contributed by atoms with Gasteiger partial charge in [0, 0.05) is 11.3 Å². The first-order valence-corrected chi connectivity index (χ1v) is 4.36. The van der Waals surface area contributed by atoms with Crippen LogP contribution in [0, 0.1) is 12.3 Å². The van der Waals surface area contributed by atoms with E-state index in [9.17, 15) is 13.2 Å². The Morgan fingerprint density at radius 3 is 2.40 bits per heavy atom. The Labute approximate surface area is 86.1 Å². The Hall–Kier alpha value is -1.63. The van der Waals surface area contributed by atoms with E-state index in [2.05, 4.69) is 0 Å². The van der Waals surface area contributed by atoms with Gasteiger partial charge >= 0.3 is 6.18 Å². The molecular formula is C11H10F3N. The summed E-state index contributed by atoms with van der Waals surface area (Å²) in [6.45, 7) is 1.63. The molecule has 80 valence electrons. The number of benzene rings is 1. The second kappa shape index (κ2) is 3.85. The van der Waals surface area contributed by atoms with Gasteiger partial charge in [-0.1, -0.05) is 12.8 Å². The Morgan fingerprint density at radius 2 is 2.00 bits per heavy atom. The molecule has 0 fully saturated rings. The van der Waals surface area contributed by atoms with Gasteiger partial charge in [0.25, 0.3) is 0 Å². The maximum Gasteiger partial charge on any atom is 0.417 e.